The lowest BCUT2D eigenvalue weighted by atomic mass is 10.0. The Hall–Kier alpha value is -2.53. The number of Topliss-reactive ketones (excluding diaryl/α,β-unsaturated/α-hetero) is 1. The summed E-state index contributed by atoms with van der Waals surface area (Å²) in [7, 11) is 0. The van der Waals surface area contributed by atoms with Gasteiger partial charge in [0.15, 0.2) is 5.78 Å². The van der Waals surface area contributed by atoms with Gasteiger partial charge in [-0.05, 0) is 35.8 Å². The Morgan fingerprint density at radius 1 is 1.12 bits per heavy atom. The second kappa shape index (κ2) is 8.03. The third-order valence-corrected chi connectivity index (χ3v) is 4.28. The van der Waals surface area contributed by atoms with Crippen molar-refractivity contribution < 1.29 is 4.79 Å². The van der Waals surface area contributed by atoms with Crippen LogP contribution in [-0.4, -0.2) is 26.0 Å². The van der Waals surface area contributed by atoms with Crippen LogP contribution in [-0.2, 0) is 13.0 Å². The molecule has 0 aliphatic heterocycles. The lowest BCUT2D eigenvalue weighted by molar-refractivity contribution is 0.0961. The Bertz CT molecular complexity index is 858. The van der Waals surface area contributed by atoms with E-state index in [-0.39, 0.29) is 12.3 Å². The number of carbonyl (C=O) groups is 1. The van der Waals surface area contributed by atoms with Crippen LogP contribution in [0.3, 0.4) is 0 Å². The highest BCUT2D eigenvalue weighted by Crippen LogP contribution is 2.23. The molecule has 128 valence electrons. The monoisotopic (exact) mass is 354 g/mol. The Kier molecular flexibility index (Phi) is 5.56. The normalized spacial score (nSPS) is 10.8. The van der Waals surface area contributed by atoms with Crippen LogP contribution in [0.5, 0.6) is 0 Å². The minimum absolute atomic E-state index is 0.0474. The predicted molar refractivity (Wildman–Crippen MR) is 97.6 cm³/mol. The zero-order valence-electron chi connectivity index (χ0n) is 14.0. The number of carbonyl (C=O) groups excluding carboxylic acids is 1. The molecule has 0 saturated carbocycles. The van der Waals surface area contributed by atoms with E-state index in [4.69, 9.17) is 11.6 Å². The third kappa shape index (κ3) is 4.31. The van der Waals surface area contributed by atoms with Gasteiger partial charge in [0.05, 0.1) is 5.02 Å². The molecule has 0 saturated heterocycles. The van der Waals surface area contributed by atoms with Gasteiger partial charge in [-0.1, -0.05) is 61.3 Å². The Balaban J connectivity index is 1.68. The summed E-state index contributed by atoms with van der Waals surface area (Å²) in [4.78, 5) is 13.7. The van der Waals surface area contributed by atoms with Gasteiger partial charge in [0.2, 0.25) is 5.82 Å². The van der Waals surface area contributed by atoms with Crippen LogP contribution in [0.1, 0.15) is 35.7 Å². The molecule has 0 radical (unpaired) electrons. The quantitative estimate of drug-likeness (QED) is 0.596. The Labute approximate surface area is 151 Å². The fourth-order valence-electron chi connectivity index (χ4n) is 2.52. The van der Waals surface area contributed by atoms with E-state index in [9.17, 15) is 4.79 Å². The van der Waals surface area contributed by atoms with E-state index >= 15 is 0 Å². The first-order chi connectivity index (χ1) is 12.2. The van der Waals surface area contributed by atoms with Crippen molar-refractivity contribution in [3.8, 4) is 11.4 Å². The molecule has 3 aromatic rings. The minimum Gasteiger partial charge on any atom is -0.292 e. The van der Waals surface area contributed by atoms with Crippen molar-refractivity contribution in [2.24, 2.45) is 0 Å². The van der Waals surface area contributed by atoms with Crippen molar-refractivity contribution in [2.75, 3.05) is 0 Å². The molecule has 0 spiro atoms. The second-order valence-electron chi connectivity index (χ2n) is 5.85. The van der Waals surface area contributed by atoms with Crippen LogP contribution < -0.4 is 0 Å². The Morgan fingerprint density at radius 2 is 1.88 bits per heavy atom. The van der Waals surface area contributed by atoms with E-state index in [0.717, 1.165) is 19.3 Å². The van der Waals surface area contributed by atoms with Gasteiger partial charge in [-0.15, -0.1) is 10.2 Å². The number of tetrazole rings is 1. The maximum Gasteiger partial charge on any atom is 0.206 e. The van der Waals surface area contributed by atoms with E-state index < -0.39 is 0 Å². The number of rotatable bonds is 7. The second-order valence-corrected chi connectivity index (χ2v) is 6.25. The fraction of sp³-hybridized carbons (Fsp3) is 0.263. The van der Waals surface area contributed by atoms with Crippen molar-refractivity contribution >= 4 is 17.4 Å². The molecule has 25 heavy (non-hydrogen) atoms. The first-order valence-electron chi connectivity index (χ1n) is 8.32. The summed E-state index contributed by atoms with van der Waals surface area (Å²) in [6.45, 7) is 2.21. The number of halogens is 1. The number of benzene rings is 2. The van der Waals surface area contributed by atoms with Gasteiger partial charge in [-0.25, -0.2) is 0 Å². The van der Waals surface area contributed by atoms with Crippen molar-refractivity contribution in [1.82, 2.24) is 20.2 Å². The zero-order chi connectivity index (χ0) is 17.6. The predicted octanol–water partition coefficient (Wildman–Crippen LogP) is 4.22. The van der Waals surface area contributed by atoms with Crippen molar-refractivity contribution in [1.29, 1.82) is 0 Å². The fourth-order valence-corrected chi connectivity index (χ4v) is 2.74. The average Bonchev–Trinajstić information content (AvgIpc) is 3.09. The molecule has 3 rings (SSSR count). The Morgan fingerprint density at radius 3 is 2.60 bits per heavy atom. The number of hydrogen-bond donors (Lipinski definition) is 0. The number of aromatic nitrogens is 4. The molecular weight excluding hydrogens is 336 g/mol. The van der Waals surface area contributed by atoms with Gasteiger partial charge in [0, 0.05) is 11.1 Å². The van der Waals surface area contributed by atoms with E-state index in [1.54, 1.807) is 6.07 Å². The summed E-state index contributed by atoms with van der Waals surface area (Å²) < 4.78 is 0. The van der Waals surface area contributed by atoms with Gasteiger partial charge < -0.3 is 0 Å². The van der Waals surface area contributed by atoms with E-state index in [2.05, 4.69) is 22.3 Å². The topological polar surface area (TPSA) is 60.7 Å². The summed E-state index contributed by atoms with van der Waals surface area (Å²) in [5.74, 6) is 0.360. The third-order valence-electron chi connectivity index (χ3n) is 3.95. The molecule has 6 heteroatoms. The minimum atomic E-state index is -0.0508. The van der Waals surface area contributed by atoms with Gasteiger partial charge in [0.1, 0.15) is 6.54 Å². The molecule has 1 aromatic heterocycles. The number of hydrogen-bond acceptors (Lipinski definition) is 4. The molecule has 0 fully saturated rings. The van der Waals surface area contributed by atoms with Crippen LogP contribution in [0.4, 0.5) is 0 Å². The molecule has 0 N–H and O–H groups in total. The van der Waals surface area contributed by atoms with E-state index in [0.29, 0.717) is 22.0 Å². The summed E-state index contributed by atoms with van der Waals surface area (Å²) in [5, 5.41) is 12.7. The first kappa shape index (κ1) is 17.3. The number of ketones is 1. The first-order valence-corrected chi connectivity index (χ1v) is 8.70. The zero-order valence-corrected chi connectivity index (χ0v) is 14.8. The highest BCUT2D eigenvalue weighted by atomic mass is 35.5. The molecule has 0 unspecified atom stereocenters. The molecule has 0 bridgehead atoms. The summed E-state index contributed by atoms with van der Waals surface area (Å²) in [6, 6.07) is 15.0. The lowest BCUT2D eigenvalue weighted by Crippen LogP contribution is -2.13. The lowest BCUT2D eigenvalue weighted by Gasteiger charge is -2.03. The van der Waals surface area contributed by atoms with Crippen LogP contribution in [0.15, 0.2) is 48.5 Å². The largest absolute Gasteiger partial charge is 0.292 e. The molecule has 0 aliphatic carbocycles. The maximum atomic E-state index is 12.4. The number of nitrogens with zero attached hydrogens (tertiary/aromatic N) is 4. The highest BCUT2D eigenvalue weighted by Gasteiger charge is 2.12. The molecule has 0 aliphatic rings. The van der Waals surface area contributed by atoms with Gasteiger partial charge in [-0.3, -0.25) is 4.79 Å². The van der Waals surface area contributed by atoms with E-state index in [1.165, 1.54) is 10.4 Å². The van der Waals surface area contributed by atoms with Crippen molar-refractivity contribution in [2.45, 2.75) is 32.7 Å². The summed E-state index contributed by atoms with van der Waals surface area (Å²) in [5.41, 5.74) is 2.60. The molecule has 2 aromatic carbocycles. The van der Waals surface area contributed by atoms with Crippen LogP contribution in [0.2, 0.25) is 5.02 Å². The molecular formula is C19H19ClN4O. The maximum absolute atomic E-state index is 12.4. The van der Waals surface area contributed by atoms with Gasteiger partial charge >= 0.3 is 0 Å². The molecule has 1 heterocycles. The van der Waals surface area contributed by atoms with E-state index in [1.807, 2.05) is 42.5 Å². The molecule has 5 nitrogen and oxygen atoms in total. The number of unbranched alkanes of at least 4 members (excludes halogenated alkanes) is 1. The van der Waals surface area contributed by atoms with Gasteiger partial charge in [0.25, 0.3) is 0 Å². The van der Waals surface area contributed by atoms with Crippen molar-refractivity contribution in [3.63, 3.8) is 0 Å². The van der Waals surface area contributed by atoms with Crippen molar-refractivity contribution in [3.05, 3.63) is 64.7 Å². The number of aryl methyl sites for hydroxylation is 1. The van der Waals surface area contributed by atoms with Crippen LogP contribution >= 0.6 is 11.6 Å². The molecule has 0 amide bonds. The average molecular weight is 355 g/mol. The summed E-state index contributed by atoms with van der Waals surface area (Å²) >= 11 is 6.14. The van der Waals surface area contributed by atoms with Crippen LogP contribution in [0, 0.1) is 0 Å². The smallest absolute Gasteiger partial charge is 0.206 e. The standard InChI is InChI=1S/C19H19ClN4O/c1-2-3-6-14-9-11-15(12-10-14)18(25)13-24-22-19(21-23-24)16-7-4-5-8-17(16)20/h4-5,7-12H,2-3,6,13H2,1H3. The highest BCUT2D eigenvalue weighted by molar-refractivity contribution is 6.33. The summed E-state index contributed by atoms with van der Waals surface area (Å²) in [6.07, 6.45) is 3.35. The van der Waals surface area contributed by atoms with Gasteiger partial charge in [-0.2, -0.15) is 4.80 Å². The molecule has 0 atom stereocenters. The van der Waals surface area contributed by atoms with Crippen LogP contribution in [0.25, 0.3) is 11.4 Å². The SMILES string of the molecule is CCCCc1ccc(C(=O)Cn2nnc(-c3ccccc3Cl)n2)cc1.